The van der Waals surface area contributed by atoms with Gasteiger partial charge in [0.25, 0.3) is 5.91 Å². The number of nitrogens with zero attached hydrogens (tertiary/aromatic N) is 3. The number of piperidine rings is 2. The first kappa shape index (κ1) is 33.5. The number of carbonyl (C=O) groups is 1. The average Bonchev–Trinajstić information content (AvgIpc) is 3.56. The molecular formula is C35H45N3O8S. The number of allylic oxidation sites excluding steroid dienone is 1. The van der Waals surface area contributed by atoms with Gasteiger partial charge >= 0.3 is 0 Å². The first-order valence-electron chi connectivity index (χ1n) is 16.6. The molecule has 4 heterocycles. The van der Waals surface area contributed by atoms with Gasteiger partial charge in [-0.05, 0) is 75.2 Å². The molecule has 0 spiro atoms. The molecule has 3 aromatic rings. The first-order valence-corrected chi connectivity index (χ1v) is 18.1. The van der Waals surface area contributed by atoms with Crippen LogP contribution in [-0.2, 0) is 24.3 Å². The van der Waals surface area contributed by atoms with Crippen LogP contribution in [-0.4, -0.2) is 105 Å². The largest absolute Gasteiger partial charge is 0.497 e. The highest BCUT2D eigenvalue weighted by atomic mass is 32.2. The van der Waals surface area contributed by atoms with Crippen molar-refractivity contribution in [3.63, 3.8) is 0 Å². The highest BCUT2D eigenvalue weighted by Gasteiger charge is 2.35. The van der Waals surface area contributed by atoms with Crippen LogP contribution in [0, 0.1) is 0 Å². The van der Waals surface area contributed by atoms with Gasteiger partial charge in [0.05, 0.1) is 31.5 Å². The summed E-state index contributed by atoms with van der Waals surface area (Å²) in [5, 5.41) is 10.6. The van der Waals surface area contributed by atoms with Gasteiger partial charge in [0.1, 0.15) is 11.3 Å². The molecule has 11 nitrogen and oxygen atoms in total. The maximum Gasteiger partial charge on any atom is 0.288 e. The van der Waals surface area contributed by atoms with Crippen LogP contribution in [0.5, 0.6) is 5.75 Å². The number of benzene rings is 2. The van der Waals surface area contributed by atoms with Crippen LogP contribution in [0.4, 0.5) is 0 Å². The molecule has 2 aromatic carbocycles. The van der Waals surface area contributed by atoms with Gasteiger partial charge in [0.15, 0.2) is 5.76 Å². The predicted octanol–water partition coefficient (Wildman–Crippen LogP) is 4.33. The zero-order chi connectivity index (χ0) is 32.8. The molecule has 12 heteroatoms. The quantitative estimate of drug-likeness (QED) is 0.301. The molecule has 0 unspecified atom stereocenters. The molecule has 0 bridgehead atoms. The number of amides is 1. The average molecular weight is 668 g/mol. The summed E-state index contributed by atoms with van der Waals surface area (Å²) < 4.78 is 51.3. The zero-order valence-electron chi connectivity index (χ0n) is 27.0. The van der Waals surface area contributed by atoms with Crippen molar-refractivity contribution in [2.45, 2.75) is 61.7 Å². The third-order valence-electron chi connectivity index (χ3n) is 9.53. The van der Waals surface area contributed by atoms with Gasteiger partial charge in [0.2, 0.25) is 16.3 Å². The van der Waals surface area contributed by atoms with E-state index in [1.54, 1.807) is 18.4 Å². The van der Waals surface area contributed by atoms with Gasteiger partial charge in [-0.1, -0.05) is 24.6 Å². The van der Waals surface area contributed by atoms with Crippen molar-refractivity contribution in [3.05, 3.63) is 72.2 Å². The molecule has 2 atom stereocenters. The SMILES string of the molecule is COc1ccc(S(=O)(=O)N(CCO)CCO[C@H]2C[C@@H](c3coc4ccccc34)C=C(C(=O)N3CCC(N4CCCCC4)CC3)O2)cc1. The molecule has 1 N–H and O–H groups in total. The Hall–Kier alpha value is -3.42. The van der Waals surface area contributed by atoms with E-state index < -0.39 is 16.3 Å². The highest BCUT2D eigenvalue weighted by Crippen LogP contribution is 2.37. The number of rotatable bonds is 12. The van der Waals surface area contributed by atoms with Gasteiger partial charge in [-0.2, -0.15) is 4.31 Å². The van der Waals surface area contributed by atoms with Crippen molar-refractivity contribution in [2.24, 2.45) is 0 Å². The maximum atomic E-state index is 13.9. The number of methoxy groups -OCH3 is 1. The minimum atomic E-state index is -3.90. The van der Waals surface area contributed by atoms with E-state index >= 15 is 0 Å². The molecule has 1 aromatic heterocycles. The number of ether oxygens (including phenoxy) is 3. The minimum Gasteiger partial charge on any atom is -0.497 e. The number of likely N-dealkylation sites (tertiary alicyclic amines) is 2. The molecule has 3 aliphatic heterocycles. The van der Waals surface area contributed by atoms with Gasteiger partial charge in [0, 0.05) is 55.5 Å². The van der Waals surface area contributed by atoms with Crippen LogP contribution in [0.15, 0.2) is 75.9 Å². The lowest BCUT2D eigenvalue weighted by molar-refractivity contribution is -0.153. The Balaban J connectivity index is 1.15. The van der Waals surface area contributed by atoms with Gasteiger partial charge < -0.3 is 33.5 Å². The monoisotopic (exact) mass is 667 g/mol. The summed E-state index contributed by atoms with van der Waals surface area (Å²) in [4.78, 5) is 18.4. The van der Waals surface area contributed by atoms with Gasteiger partial charge in [-0.25, -0.2) is 8.42 Å². The summed E-state index contributed by atoms with van der Waals surface area (Å²) in [6.07, 6.45) is 8.91. The van der Waals surface area contributed by atoms with Crippen LogP contribution in [0.25, 0.3) is 11.0 Å². The second-order valence-electron chi connectivity index (χ2n) is 12.4. The Kier molecular flexibility index (Phi) is 10.8. The molecule has 1 amide bonds. The Labute approximate surface area is 276 Å². The Bertz CT molecular complexity index is 1630. The zero-order valence-corrected chi connectivity index (χ0v) is 27.8. The summed E-state index contributed by atoms with van der Waals surface area (Å²) in [5.74, 6) is 0.419. The molecule has 2 fully saturated rings. The van der Waals surface area contributed by atoms with Crippen molar-refractivity contribution >= 4 is 26.9 Å². The van der Waals surface area contributed by atoms with Crippen LogP contribution >= 0.6 is 0 Å². The fourth-order valence-electron chi connectivity index (χ4n) is 6.93. The van der Waals surface area contributed by atoms with E-state index in [0.29, 0.717) is 31.3 Å². The number of carbonyl (C=O) groups excluding carboxylic acids is 1. The Morgan fingerprint density at radius 3 is 2.47 bits per heavy atom. The van der Waals surface area contributed by atoms with Crippen molar-refractivity contribution in [3.8, 4) is 5.75 Å². The second kappa shape index (κ2) is 15.2. The van der Waals surface area contributed by atoms with Crippen molar-refractivity contribution in [1.29, 1.82) is 0 Å². The number of sulfonamides is 1. The number of aliphatic hydroxyl groups is 1. The highest BCUT2D eigenvalue weighted by molar-refractivity contribution is 7.89. The van der Waals surface area contributed by atoms with E-state index in [0.717, 1.165) is 42.5 Å². The minimum absolute atomic E-state index is 0.00159. The Morgan fingerprint density at radius 2 is 1.74 bits per heavy atom. The van der Waals surface area contributed by atoms with E-state index in [1.165, 1.54) is 42.8 Å². The third kappa shape index (κ3) is 7.68. The van der Waals surface area contributed by atoms with E-state index in [2.05, 4.69) is 4.90 Å². The van der Waals surface area contributed by atoms with Crippen molar-refractivity contribution in [2.75, 3.05) is 59.6 Å². The van der Waals surface area contributed by atoms with Crippen molar-refractivity contribution in [1.82, 2.24) is 14.1 Å². The standard InChI is InChI=1S/C35H45N3O8S/c1-43-28-9-11-29(12-10-28)47(41,42)38(19-21-39)20-22-44-34-24-26(31-25-45-32-8-4-3-7-30(31)32)23-33(46-34)35(40)37-17-13-27(14-18-37)36-15-5-2-6-16-36/h3-4,7-12,23,25-27,34,39H,2,5-6,13-22,24H2,1H3/t26-,34+/m0/s1. The number of fused-ring (bicyclic) bond motifs is 1. The smallest absolute Gasteiger partial charge is 0.288 e. The molecule has 3 aliphatic rings. The summed E-state index contributed by atoms with van der Waals surface area (Å²) in [7, 11) is -2.39. The van der Waals surface area contributed by atoms with Gasteiger partial charge in [-0.15, -0.1) is 0 Å². The fourth-order valence-corrected chi connectivity index (χ4v) is 8.35. The van der Waals surface area contributed by atoms with E-state index in [9.17, 15) is 18.3 Å². The maximum absolute atomic E-state index is 13.9. The molecule has 254 valence electrons. The lowest BCUT2D eigenvalue weighted by Crippen LogP contribution is -2.49. The molecule has 0 radical (unpaired) electrons. The molecule has 47 heavy (non-hydrogen) atoms. The van der Waals surface area contributed by atoms with Crippen LogP contribution in [0.2, 0.25) is 0 Å². The normalized spacial score (nSPS) is 21.5. The molecule has 2 saturated heterocycles. The second-order valence-corrected chi connectivity index (χ2v) is 14.3. The predicted molar refractivity (Wildman–Crippen MR) is 176 cm³/mol. The van der Waals surface area contributed by atoms with Gasteiger partial charge in [-0.3, -0.25) is 4.79 Å². The Morgan fingerprint density at radius 1 is 1.00 bits per heavy atom. The molecule has 0 saturated carbocycles. The number of furan rings is 1. The topological polar surface area (TPSA) is 122 Å². The molecule has 0 aliphatic carbocycles. The van der Waals surface area contributed by atoms with Crippen LogP contribution in [0.1, 0.15) is 50.0 Å². The summed E-state index contributed by atoms with van der Waals surface area (Å²) in [6.45, 7) is 3.18. The van der Waals surface area contributed by atoms with Crippen molar-refractivity contribution < 1.29 is 36.9 Å². The molecular weight excluding hydrogens is 622 g/mol. The summed E-state index contributed by atoms with van der Waals surface area (Å²) in [5.41, 5.74) is 1.70. The summed E-state index contributed by atoms with van der Waals surface area (Å²) >= 11 is 0. The fraction of sp³-hybridized carbons (Fsp3) is 0.514. The lowest BCUT2D eigenvalue weighted by atomic mass is 9.92. The first-order chi connectivity index (χ1) is 22.9. The van der Waals surface area contributed by atoms with E-state index in [4.69, 9.17) is 18.6 Å². The van der Waals surface area contributed by atoms with Crippen LogP contribution < -0.4 is 4.74 Å². The number of hydrogen-bond donors (Lipinski definition) is 1. The van der Waals surface area contributed by atoms with E-state index in [-0.39, 0.29) is 48.8 Å². The van der Waals surface area contributed by atoms with E-state index in [1.807, 2.05) is 35.2 Å². The number of aliphatic hydroxyl groups excluding tert-OH is 1. The number of para-hydroxylation sites is 1. The summed E-state index contributed by atoms with van der Waals surface area (Å²) in [6, 6.07) is 14.4. The third-order valence-corrected chi connectivity index (χ3v) is 11.4. The van der Waals surface area contributed by atoms with Crippen LogP contribution in [0.3, 0.4) is 0 Å². The number of hydrogen-bond acceptors (Lipinski definition) is 9. The lowest BCUT2D eigenvalue weighted by Gasteiger charge is -2.40. The molecule has 6 rings (SSSR count).